The molecule has 0 aliphatic rings. The number of carboxylic acids is 1. The average molecular weight is 582 g/mol. The third-order valence-electron chi connectivity index (χ3n) is 6.15. The highest BCUT2D eigenvalue weighted by Crippen LogP contribution is 2.29. The molecule has 208 valence electrons. The number of aromatic carboxylic acids is 1. The standard InChI is InChI=1S/C30H30Cl2N4O4/c1-16(2)14-36(15-17(3)4)29(38)20-9-10-24(21(11-20)30(39)40)35-28(37)19-7-5-18(6-8-19)27-33-25-12-22(31)23(32)13-26(25)34-27/h5-13,16-17H,14-15H2,1-4H3,(H,33,34)(H,35,37)(H,39,40). The van der Waals surface area contributed by atoms with Crippen molar-refractivity contribution in [1.82, 2.24) is 14.9 Å². The van der Waals surface area contributed by atoms with E-state index in [0.717, 1.165) is 11.1 Å². The van der Waals surface area contributed by atoms with Crippen molar-refractivity contribution in [1.29, 1.82) is 0 Å². The van der Waals surface area contributed by atoms with Crippen LogP contribution in [0.5, 0.6) is 0 Å². The fourth-order valence-corrected chi connectivity index (χ4v) is 4.70. The lowest BCUT2D eigenvalue weighted by Crippen LogP contribution is -2.37. The second-order valence-electron chi connectivity index (χ2n) is 10.5. The van der Waals surface area contributed by atoms with E-state index in [9.17, 15) is 19.5 Å². The molecular weight excluding hydrogens is 551 g/mol. The van der Waals surface area contributed by atoms with Gasteiger partial charge < -0.3 is 20.3 Å². The third kappa shape index (κ3) is 6.63. The number of carbonyl (C=O) groups excluding carboxylic acids is 2. The normalized spacial score (nSPS) is 11.3. The van der Waals surface area contributed by atoms with Crippen molar-refractivity contribution in [2.24, 2.45) is 11.8 Å². The molecule has 0 aliphatic carbocycles. The summed E-state index contributed by atoms with van der Waals surface area (Å²) in [7, 11) is 0. The zero-order valence-corrected chi connectivity index (χ0v) is 24.1. The molecule has 0 unspecified atom stereocenters. The van der Waals surface area contributed by atoms with Gasteiger partial charge in [0.1, 0.15) is 5.82 Å². The molecule has 0 saturated heterocycles. The maximum atomic E-state index is 13.2. The monoisotopic (exact) mass is 580 g/mol. The number of halogens is 2. The van der Waals surface area contributed by atoms with Crippen LogP contribution in [0, 0.1) is 11.8 Å². The number of carboxylic acid groups (broad SMARTS) is 1. The van der Waals surface area contributed by atoms with Gasteiger partial charge in [-0.3, -0.25) is 9.59 Å². The number of hydrogen-bond donors (Lipinski definition) is 3. The number of imidazole rings is 1. The molecule has 4 aromatic rings. The van der Waals surface area contributed by atoms with Gasteiger partial charge >= 0.3 is 5.97 Å². The zero-order chi connectivity index (χ0) is 29.1. The second kappa shape index (κ2) is 12.1. The summed E-state index contributed by atoms with van der Waals surface area (Å²) in [5.41, 5.74) is 2.64. The molecule has 40 heavy (non-hydrogen) atoms. The van der Waals surface area contributed by atoms with Crippen molar-refractivity contribution < 1.29 is 19.5 Å². The summed E-state index contributed by atoms with van der Waals surface area (Å²) in [4.78, 5) is 47.7. The number of fused-ring (bicyclic) bond motifs is 1. The molecule has 4 rings (SSSR count). The van der Waals surface area contributed by atoms with Gasteiger partial charge in [-0.1, -0.05) is 63.0 Å². The van der Waals surface area contributed by atoms with Crippen LogP contribution < -0.4 is 5.32 Å². The predicted molar refractivity (Wildman–Crippen MR) is 158 cm³/mol. The minimum Gasteiger partial charge on any atom is -0.478 e. The zero-order valence-electron chi connectivity index (χ0n) is 22.6. The molecule has 0 saturated carbocycles. The number of H-pyrrole nitrogens is 1. The molecule has 1 heterocycles. The van der Waals surface area contributed by atoms with Crippen LogP contribution >= 0.6 is 23.2 Å². The molecule has 0 aliphatic heterocycles. The lowest BCUT2D eigenvalue weighted by atomic mass is 10.0. The second-order valence-corrected chi connectivity index (χ2v) is 11.3. The largest absolute Gasteiger partial charge is 0.478 e. The first-order valence-corrected chi connectivity index (χ1v) is 13.6. The van der Waals surface area contributed by atoms with Gasteiger partial charge in [-0.05, 0) is 54.3 Å². The summed E-state index contributed by atoms with van der Waals surface area (Å²) >= 11 is 12.2. The summed E-state index contributed by atoms with van der Waals surface area (Å²) in [5.74, 6) is -0.876. The van der Waals surface area contributed by atoms with Crippen LogP contribution in [0.25, 0.3) is 22.4 Å². The number of nitrogens with zero attached hydrogens (tertiary/aromatic N) is 2. The van der Waals surface area contributed by atoms with E-state index < -0.39 is 11.9 Å². The highest BCUT2D eigenvalue weighted by molar-refractivity contribution is 6.42. The van der Waals surface area contributed by atoms with E-state index in [4.69, 9.17) is 23.2 Å². The number of aromatic nitrogens is 2. The van der Waals surface area contributed by atoms with Crippen LogP contribution in [-0.2, 0) is 0 Å². The molecule has 0 bridgehead atoms. The van der Waals surface area contributed by atoms with Crippen LogP contribution in [-0.4, -0.2) is 50.8 Å². The average Bonchev–Trinajstić information content (AvgIpc) is 3.30. The number of nitrogens with one attached hydrogen (secondary N) is 2. The molecule has 8 nitrogen and oxygen atoms in total. The Balaban J connectivity index is 1.54. The van der Waals surface area contributed by atoms with Gasteiger partial charge in [0.05, 0.1) is 32.3 Å². The summed E-state index contributed by atoms with van der Waals surface area (Å²) in [6, 6.07) is 14.4. The van der Waals surface area contributed by atoms with Gasteiger partial charge in [0.25, 0.3) is 11.8 Å². The fraction of sp³-hybridized carbons (Fsp3) is 0.267. The van der Waals surface area contributed by atoms with E-state index in [2.05, 4.69) is 15.3 Å². The van der Waals surface area contributed by atoms with Crippen LogP contribution in [0.1, 0.15) is 58.8 Å². The van der Waals surface area contributed by atoms with E-state index in [1.165, 1.54) is 12.1 Å². The number of carbonyl (C=O) groups is 3. The number of hydrogen-bond acceptors (Lipinski definition) is 4. The molecule has 3 N–H and O–H groups in total. The Morgan fingerprint density at radius 1 is 0.900 bits per heavy atom. The van der Waals surface area contributed by atoms with Crippen molar-refractivity contribution in [2.45, 2.75) is 27.7 Å². The van der Waals surface area contributed by atoms with E-state index in [1.54, 1.807) is 47.4 Å². The van der Waals surface area contributed by atoms with Crippen LogP contribution in [0.2, 0.25) is 10.0 Å². The number of amides is 2. The first kappa shape index (κ1) is 29.1. The Labute approximate surface area is 242 Å². The SMILES string of the molecule is CC(C)CN(CC(C)C)C(=O)c1ccc(NC(=O)c2ccc(-c3nc4cc(Cl)c(Cl)cc4[nH]3)cc2)c(C(=O)O)c1. The Kier molecular flexibility index (Phi) is 8.81. The van der Waals surface area contributed by atoms with Crippen molar-refractivity contribution in [3.63, 3.8) is 0 Å². The molecule has 1 aromatic heterocycles. The predicted octanol–water partition coefficient (Wildman–Crippen LogP) is 7.24. The van der Waals surface area contributed by atoms with Crippen LogP contribution in [0.3, 0.4) is 0 Å². The molecule has 10 heteroatoms. The van der Waals surface area contributed by atoms with Crippen molar-refractivity contribution in [2.75, 3.05) is 18.4 Å². The molecule has 0 fully saturated rings. The Hall–Kier alpha value is -3.88. The third-order valence-corrected chi connectivity index (χ3v) is 6.87. The van der Waals surface area contributed by atoms with Gasteiger partial charge in [0.15, 0.2) is 0 Å². The fourth-order valence-electron chi connectivity index (χ4n) is 4.38. The summed E-state index contributed by atoms with van der Waals surface area (Å²) in [6.45, 7) is 9.22. The van der Waals surface area contributed by atoms with Crippen LogP contribution in [0.4, 0.5) is 5.69 Å². The van der Waals surface area contributed by atoms with Gasteiger partial charge in [-0.15, -0.1) is 0 Å². The van der Waals surface area contributed by atoms with Gasteiger partial charge in [-0.25, -0.2) is 9.78 Å². The molecule has 0 atom stereocenters. The number of aromatic amines is 1. The van der Waals surface area contributed by atoms with E-state index >= 15 is 0 Å². The van der Waals surface area contributed by atoms with Gasteiger partial charge in [-0.2, -0.15) is 0 Å². The summed E-state index contributed by atoms with van der Waals surface area (Å²) in [6.07, 6.45) is 0. The lowest BCUT2D eigenvalue weighted by Gasteiger charge is -2.26. The van der Waals surface area contributed by atoms with Crippen molar-refractivity contribution in [3.8, 4) is 11.4 Å². The van der Waals surface area contributed by atoms with Crippen molar-refractivity contribution in [3.05, 3.63) is 81.3 Å². The summed E-state index contributed by atoms with van der Waals surface area (Å²) < 4.78 is 0. The minimum atomic E-state index is -1.25. The van der Waals surface area contributed by atoms with Crippen LogP contribution in [0.15, 0.2) is 54.6 Å². The van der Waals surface area contributed by atoms with E-state index in [-0.39, 0.29) is 34.6 Å². The molecule has 0 spiro atoms. The lowest BCUT2D eigenvalue weighted by molar-refractivity contribution is 0.0698. The molecule has 2 amide bonds. The number of benzene rings is 3. The summed E-state index contributed by atoms with van der Waals surface area (Å²) in [5, 5.41) is 13.3. The minimum absolute atomic E-state index is 0.100. The Bertz CT molecular complexity index is 1530. The Morgan fingerprint density at radius 2 is 1.50 bits per heavy atom. The number of rotatable bonds is 9. The maximum absolute atomic E-state index is 13.2. The molecular formula is C30H30Cl2N4O4. The van der Waals surface area contributed by atoms with Gasteiger partial charge in [0, 0.05) is 29.8 Å². The van der Waals surface area contributed by atoms with E-state index in [1.807, 2.05) is 27.7 Å². The van der Waals surface area contributed by atoms with E-state index in [0.29, 0.717) is 40.0 Å². The maximum Gasteiger partial charge on any atom is 0.337 e. The number of anilines is 1. The molecule has 3 aromatic carbocycles. The highest BCUT2D eigenvalue weighted by atomic mass is 35.5. The first-order chi connectivity index (χ1) is 18.9. The Morgan fingerprint density at radius 3 is 2.10 bits per heavy atom. The topological polar surface area (TPSA) is 115 Å². The smallest absolute Gasteiger partial charge is 0.337 e. The van der Waals surface area contributed by atoms with Gasteiger partial charge in [0.2, 0.25) is 0 Å². The molecule has 0 radical (unpaired) electrons. The van der Waals surface area contributed by atoms with Crippen molar-refractivity contribution >= 4 is 57.7 Å². The quantitative estimate of drug-likeness (QED) is 0.193. The highest BCUT2D eigenvalue weighted by Gasteiger charge is 2.22. The first-order valence-electron chi connectivity index (χ1n) is 12.9.